The summed E-state index contributed by atoms with van der Waals surface area (Å²) in [5.41, 5.74) is 0.717. The van der Waals surface area contributed by atoms with E-state index >= 15 is 0 Å². The monoisotopic (exact) mass is 586 g/mol. The van der Waals surface area contributed by atoms with Gasteiger partial charge in [0, 0.05) is 4.47 Å². The summed E-state index contributed by atoms with van der Waals surface area (Å²) in [4.78, 5) is 51.6. The average molecular weight is 589 g/mol. The second-order valence-corrected chi connectivity index (χ2v) is 10.5. The predicted octanol–water partition coefficient (Wildman–Crippen LogP) is 5.01. The van der Waals surface area contributed by atoms with Crippen molar-refractivity contribution < 1.29 is 23.9 Å². The fraction of sp³-hybridized carbons (Fsp3) is 0.304. The number of carbonyl (C=O) groups excluding carboxylic acids is 4. The molecule has 0 bridgehead atoms. The molecule has 1 heterocycles. The number of benzene rings is 2. The Morgan fingerprint density at radius 2 is 1.68 bits per heavy atom. The van der Waals surface area contributed by atoms with Crippen LogP contribution in [0.25, 0.3) is 0 Å². The van der Waals surface area contributed by atoms with Crippen LogP contribution in [0.1, 0.15) is 23.2 Å². The van der Waals surface area contributed by atoms with Crippen molar-refractivity contribution in [1.29, 1.82) is 0 Å². The van der Waals surface area contributed by atoms with Gasteiger partial charge in [0.25, 0.3) is 5.91 Å². The van der Waals surface area contributed by atoms with Gasteiger partial charge in [0.05, 0.1) is 44.6 Å². The molecule has 1 saturated heterocycles. The van der Waals surface area contributed by atoms with Crippen molar-refractivity contribution in [2.45, 2.75) is 23.6 Å². The van der Waals surface area contributed by atoms with Gasteiger partial charge in [0.15, 0.2) is 6.61 Å². The first-order chi connectivity index (χ1) is 16.2. The molecule has 3 amide bonds. The van der Waals surface area contributed by atoms with E-state index < -0.39 is 30.3 Å². The van der Waals surface area contributed by atoms with Gasteiger partial charge in [-0.2, -0.15) is 0 Å². The van der Waals surface area contributed by atoms with Crippen molar-refractivity contribution in [2.24, 2.45) is 11.8 Å². The minimum atomic E-state index is -0.781. The largest absolute Gasteiger partial charge is 0.452 e. The number of halogens is 4. The maximum absolute atomic E-state index is 12.9. The van der Waals surface area contributed by atoms with Gasteiger partial charge in [0.1, 0.15) is 0 Å². The number of amides is 3. The summed E-state index contributed by atoms with van der Waals surface area (Å²) in [6.45, 7) is -0.546. The number of nitrogens with one attached hydrogen (secondary N) is 1. The van der Waals surface area contributed by atoms with Crippen molar-refractivity contribution in [3.05, 3.63) is 57.5 Å². The third-order valence-electron chi connectivity index (χ3n) is 5.79. The third-order valence-corrected chi connectivity index (χ3v) is 7.69. The molecule has 0 unspecified atom stereocenters. The molecule has 34 heavy (non-hydrogen) atoms. The first-order valence-corrected chi connectivity index (χ1v) is 12.4. The van der Waals surface area contributed by atoms with Gasteiger partial charge >= 0.3 is 5.97 Å². The van der Waals surface area contributed by atoms with Crippen LogP contribution >= 0.6 is 50.7 Å². The van der Waals surface area contributed by atoms with Gasteiger partial charge in [-0.3, -0.25) is 19.3 Å². The van der Waals surface area contributed by atoms with Gasteiger partial charge in [-0.05, 0) is 49.2 Å². The van der Waals surface area contributed by atoms with Crippen molar-refractivity contribution in [3.63, 3.8) is 0 Å². The molecule has 2 aliphatic rings. The predicted molar refractivity (Wildman–Crippen MR) is 132 cm³/mol. The summed E-state index contributed by atoms with van der Waals surface area (Å²) < 4.78 is 5.84. The van der Waals surface area contributed by atoms with E-state index in [1.165, 1.54) is 18.2 Å². The Labute approximate surface area is 218 Å². The molecule has 4 rings (SSSR count). The summed E-state index contributed by atoms with van der Waals surface area (Å²) >= 11 is 21.8. The highest BCUT2D eigenvalue weighted by Crippen LogP contribution is 2.43. The highest BCUT2D eigenvalue weighted by molar-refractivity contribution is 9.10. The molecule has 0 spiro atoms. The van der Waals surface area contributed by atoms with Gasteiger partial charge in [0.2, 0.25) is 11.8 Å². The summed E-state index contributed by atoms with van der Waals surface area (Å²) in [6, 6.07) is 10.9. The molecular weight excluding hydrogens is 571 g/mol. The molecule has 1 N–H and O–H groups in total. The Morgan fingerprint density at radius 3 is 2.29 bits per heavy atom. The molecular formula is C23H18BrCl3N2O5. The first-order valence-electron chi connectivity index (χ1n) is 10.3. The number of hydrogen-bond acceptors (Lipinski definition) is 5. The number of alkyl halides is 2. The third kappa shape index (κ3) is 5.10. The van der Waals surface area contributed by atoms with Crippen molar-refractivity contribution in [2.75, 3.05) is 16.8 Å². The molecule has 2 aromatic rings. The van der Waals surface area contributed by atoms with Gasteiger partial charge < -0.3 is 10.1 Å². The molecule has 1 aliphatic carbocycles. The summed E-state index contributed by atoms with van der Waals surface area (Å²) in [5, 5.41) is 2.10. The Kier molecular flexibility index (Phi) is 7.52. The lowest BCUT2D eigenvalue weighted by Gasteiger charge is -2.28. The molecule has 0 aromatic heterocycles. The molecule has 1 saturated carbocycles. The van der Waals surface area contributed by atoms with Crippen LogP contribution < -0.4 is 10.2 Å². The summed E-state index contributed by atoms with van der Waals surface area (Å²) in [7, 11) is 0. The van der Waals surface area contributed by atoms with E-state index in [2.05, 4.69) is 21.2 Å². The molecule has 1 aliphatic heterocycles. The molecule has 2 aromatic carbocycles. The van der Waals surface area contributed by atoms with Crippen molar-refractivity contribution >= 4 is 85.8 Å². The van der Waals surface area contributed by atoms with E-state index in [4.69, 9.17) is 39.5 Å². The smallest absolute Gasteiger partial charge is 0.338 e. The maximum atomic E-state index is 12.9. The Morgan fingerprint density at radius 1 is 1.03 bits per heavy atom. The standard InChI is InChI=1S/C23H18BrCl3N2O5/c24-12-4-5-19(18(27)7-12)28-20(30)10-34-23(33)11-2-1-3-13(6-11)29-21(31)14-8-16(25)17(26)9-15(14)22(29)32/h1-7,14-17H,8-10H2,(H,28,30)/t14-,15-,16+,17+/m1/s1. The quantitative estimate of drug-likeness (QED) is 0.301. The van der Waals surface area contributed by atoms with Crippen LogP contribution in [0.15, 0.2) is 46.9 Å². The van der Waals surface area contributed by atoms with Crippen molar-refractivity contribution in [1.82, 2.24) is 0 Å². The number of nitrogens with zero attached hydrogens (tertiary/aromatic N) is 1. The Hall–Kier alpha value is -2.13. The minimum absolute atomic E-state index is 0.0906. The van der Waals surface area contributed by atoms with Gasteiger partial charge in [-0.1, -0.05) is 33.6 Å². The van der Waals surface area contributed by atoms with E-state index in [1.807, 2.05) is 0 Å². The topological polar surface area (TPSA) is 92.8 Å². The molecule has 2 fully saturated rings. The van der Waals surface area contributed by atoms with Crippen LogP contribution in [0.2, 0.25) is 5.02 Å². The lowest BCUT2D eigenvalue weighted by Crippen LogP contribution is -2.34. The maximum Gasteiger partial charge on any atom is 0.338 e. The molecule has 4 atom stereocenters. The highest BCUT2D eigenvalue weighted by atomic mass is 79.9. The lowest BCUT2D eigenvalue weighted by molar-refractivity contribution is -0.122. The van der Waals surface area contributed by atoms with E-state index in [0.717, 1.165) is 9.37 Å². The molecule has 11 heteroatoms. The van der Waals surface area contributed by atoms with Crippen LogP contribution in [0.4, 0.5) is 11.4 Å². The lowest BCUT2D eigenvalue weighted by atomic mass is 9.80. The highest BCUT2D eigenvalue weighted by Gasteiger charge is 2.52. The average Bonchev–Trinajstić information content (AvgIpc) is 3.03. The second kappa shape index (κ2) is 10.2. The number of imide groups is 1. The fourth-order valence-corrected chi connectivity index (χ4v) is 5.42. The number of rotatable bonds is 5. The Bertz CT molecular complexity index is 1150. The number of hydrogen-bond donors (Lipinski definition) is 1. The van der Waals surface area contributed by atoms with Gasteiger partial charge in [-0.15, -0.1) is 23.2 Å². The number of esters is 1. The summed E-state index contributed by atoms with van der Waals surface area (Å²) in [5.74, 6) is -3.14. The normalized spacial score (nSPS) is 24.1. The SMILES string of the molecule is O=C(COC(=O)c1cccc(N2C(=O)[C@@H]3C[C@H](Cl)[C@@H](Cl)C[C@H]3C2=O)c1)Nc1ccc(Br)cc1Cl. The molecule has 178 valence electrons. The van der Waals surface area contributed by atoms with E-state index in [0.29, 0.717) is 23.6 Å². The van der Waals surface area contributed by atoms with Gasteiger partial charge in [-0.25, -0.2) is 4.79 Å². The zero-order valence-electron chi connectivity index (χ0n) is 17.5. The van der Waals surface area contributed by atoms with Crippen LogP contribution in [0, 0.1) is 11.8 Å². The number of fused-ring (bicyclic) bond motifs is 1. The first kappa shape index (κ1) is 25.0. The van der Waals surface area contributed by atoms with E-state index in [-0.39, 0.29) is 33.8 Å². The molecule has 0 radical (unpaired) electrons. The van der Waals surface area contributed by atoms with Crippen LogP contribution in [0.3, 0.4) is 0 Å². The van der Waals surface area contributed by atoms with Crippen molar-refractivity contribution in [3.8, 4) is 0 Å². The Balaban J connectivity index is 1.42. The van der Waals surface area contributed by atoms with Crippen LogP contribution in [-0.4, -0.2) is 41.1 Å². The minimum Gasteiger partial charge on any atom is -0.452 e. The van der Waals surface area contributed by atoms with Crippen LogP contribution in [-0.2, 0) is 19.1 Å². The number of anilines is 2. The molecule has 7 nitrogen and oxygen atoms in total. The van der Waals surface area contributed by atoms with Crippen LogP contribution in [0.5, 0.6) is 0 Å². The fourth-order valence-electron chi connectivity index (χ4n) is 4.11. The zero-order valence-corrected chi connectivity index (χ0v) is 21.3. The number of ether oxygens (including phenoxy) is 1. The number of carbonyl (C=O) groups is 4. The van der Waals surface area contributed by atoms with E-state index in [1.54, 1.807) is 24.3 Å². The second-order valence-electron chi connectivity index (χ2n) is 8.03. The van der Waals surface area contributed by atoms with E-state index in [9.17, 15) is 19.2 Å². The summed E-state index contributed by atoms with van der Waals surface area (Å²) in [6.07, 6.45) is 0.640. The zero-order chi connectivity index (χ0) is 24.6.